The van der Waals surface area contributed by atoms with Gasteiger partial charge in [-0.05, 0) is 37.0 Å². The van der Waals surface area contributed by atoms with Crippen molar-refractivity contribution in [2.24, 2.45) is 11.7 Å². The molecule has 1 heterocycles. The number of nitrogens with zero attached hydrogens (tertiary/aromatic N) is 1. The van der Waals surface area contributed by atoms with Crippen LogP contribution in [-0.4, -0.2) is 23.5 Å². The molecule has 1 unspecified atom stereocenters. The summed E-state index contributed by atoms with van der Waals surface area (Å²) in [5.41, 5.74) is 6.90. The fourth-order valence-electron chi connectivity index (χ4n) is 2.44. The van der Waals surface area contributed by atoms with Gasteiger partial charge in [-0.1, -0.05) is 17.7 Å². The van der Waals surface area contributed by atoms with E-state index in [1.54, 1.807) is 12.3 Å². The van der Waals surface area contributed by atoms with Crippen LogP contribution in [0.4, 0.5) is 0 Å². The minimum Gasteiger partial charge on any atom is -0.348 e. The van der Waals surface area contributed by atoms with Gasteiger partial charge in [0.25, 0.3) is 5.91 Å². The molecule has 0 saturated heterocycles. The van der Waals surface area contributed by atoms with Gasteiger partial charge in [0.2, 0.25) is 0 Å². The number of nitrogens with one attached hydrogen (secondary N) is 1. The van der Waals surface area contributed by atoms with Crippen molar-refractivity contribution in [3.8, 4) is 0 Å². The molecule has 0 radical (unpaired) electrons. The fourth-order valence-corrected chi connectivity index (χ4v) is 2.67. The molecular weight excluding hydrogens is 345 g/mol. The molecular formula is C15H18Cl3N3O. The Morgan fingerprint density at radius 1 is 1.41 bits per heavy atom. The van der Waals surface area contributed by atoms with Gasteiger partial charge in [-0.2, -0.15) is 0 Å². The average Bonchev–Trinajstić information content (AvgIpc) is 3.28. The van der Waals surface area contributed by atoms with Crippen molar-refractivity contribution in [1.82, 2.24) is 10.3 Å². The van der Waals surface area contributed by atoms with Crippen LogP contribution in [0.15, 0.2) is 30.5 Å². The Hall–Kier alpha value is -1.07. The number of hydrogen-bond acceptors (Lipinski definition) is 3. The first-order chi connectivity index (χ1) is 9.69. The highest BCUT2D eigenvalue weighted by molar-refractivity contribution is 6.32. The number of pyridine rings is 1. The molecule has 1 aromatic carbocycles. The molecule has 0 spiro atoms. The van der Waals surface area contributed by atoms with E-state index < -0.39 is 0 Å². The summed E-state index contributed by atoms with van der Waals surface area (Å²) in [6.45, 7) is 0.461. The van der Waals surface area contributed by atoms with Gasteiger partial charge in [-0.15, -0.1) is 24.8 Å². The predicted molar refractivity (Wildman–Crippen MR) is 94.3 cm³/mol. The molecule has 7 heteroatoms. The highest BCUT2D eigenvalue weighted by atomic mass is 35.5. The van der Waals surface area contributed by atoms with Crippen LogP contribution >= 0.6 is 36.4 Å². The van der Waals surface area contributed by atoms with Crippen LogP contribution in [0.5, 0.6) is 0 Å². The molecule has 1 fully saturated rings. The Morgan fingerprint density at radius 3 is 2.77 bits per heavy atom. The highest BCUT2D eigenvalue weighted by Crippen LogP contribution is 2.32. The number of rotatable bonds is 4. The van der Waals surface area contributed by atoms with Gasteiger partial charge in [0.1, 0.15) is 0 Å². The monoisotopic (exact) mass is 361 g/mol. The van der Waals surface area contributed by atoms with Gasteiger partial charge in [0.15, 0.2) is 0 Å². The van der Waals surface area contributed by atoms with Gasteiger partial charge >= 0.3 is 0 Å². The number of amides is 1. The summed E-state index contributed by atoms with van der Waals surface area (Å²) < 4.78 is 0. The topological polar surface area (TPSA) is 68.0 Å². The summed E-state index contributed by atoms with van der Waals surface area (Å²) in [5, 5.41) is 4.40. The van der Waals surface area contributed by atoms with Gasteiger partial charge < -0.3 is 11.1 Å². The van der Waals surface area contributed by atoms with Crippen molar-refractivity contribution in [3.63, 3.8) is 0 Å². The van der Waals surface area contributed by atoms with Crippen molar-refractivity contribution in [2.75, 3.05) is 6.54 Å². The van der Waals surface area contributed by atoms with Crippen molar-refractivity contribution in [1.29, 1.82) is 0 Å². The molecule has 1 amide bonds. The van der Waals surface area contributed by atoms with Crippen LogP contribution in [0.25, 0.3) is 10.9 Å². The Morgan fingerprint density at radius 2 is 2.14 bits per heavy atom. The second-order valence-electron chi connectivity index (χ2n) is 5.18. The van der Waals surface area contributed by atoms with Crippen LogP contribution in [-0.2, 0) is 0 Å². The molecule has 0 aliphatic heterocycles. The lowest BCUT2D eigenvalue weighted by molar-refractivity contribution is 0.0935. The quantitative estimate of drug-likeness (QED) is 0.877. The van der Waals surface area contributed by atoms with Gasteiger partial charge in [0, 0.05) is 29.2 Å². The van der Waals surface area contributed by atoms with E-state index in [9.17, 15) is 4.79 Å². The third kappa shape index (κ3) is 4.02. The number of benzene rings is 1. The first-order valence-electron chi connectivity index (χ1n) is 6.74. The predicted octanol–water partition coefficient (Wildman–Crippen LogP) is 3.20. The molecule has 3 N–H and O–H groups in total. The lowest BCUT2D eigenvalue weighted by Crippen LogP contribution is -2.41. The SMILES string of the molecule is Cl.Cl.NCC(NC(=O)c1cc(Cl)cc2cccnc12)C1CC1. The number of aromatic nitrogens is 1. The van der Waals surface area contributed by atoms with E-state index in [-0.39, 0.29) is 36.8 Å². The number of nitrogens with two attached hydrogens (primary N) is 1. The van der Waals surface area contributed by atoms with Gasteiger partial charge in [0.05, 0.1) is 11.1 Å². The molecule has 120 valence electrons. The number of carbonyl (C=O) groups is 1. The largest absolute Gasteiger partial charge is 0.348 e. The second-order valence-corrected chi connectivity index (χ2v) is 5.62. The second kappa shape index (κ2) is 7.97. The standard InChI is InChI=1S/C15H16ClN3O.2ClH/c16-11-6-10-2-1-5-18-14(10)12(7-11)15(20)19-13(8-17)9-3-4-9;;/h1-2,5-7,9,13H,3-4,8,17H2,(H,19,20);2*1H. The first kappa shape index (κ1) is 19.0. The van der Waals surface area contributed by atoms with Gasteiger partial charge in [-0.3, -0.25) is 9.78 Å². The number of carbonyl (C=O) groups excluding carboxylic acids is 1. The molecule has 1 saturated carbocycles. The number of fused-ring (bicyclic) bond motifs is 1. The lowest BCUT2D eigenvalue weighted by atomic mass is 10.1. The van der Waals surface area contributed by atoms with Crippen LogP contribution in [0.3, 0.4) is 0 Å². The summed E-state index contributed by atoms with van der Waals surface area (Å²) in [6, 6.07) is 7.23. The zero-order valence-corrected chi connectivity index (χ0v) is 14.2. The van der Waals surface area contributed by atoms with Crippen LogP contribution in [0, 0.1) is 5.92 Å². The zero-order chi connectivity index (χ0) is 14.1. The Bertz CT molecular complexity index is 662. The average molecular weight is 363 g/mol. The molecule has 4 nitrogen and oxygen atoms in total. The van der Waals surface area contributed by atoms with Crippen LogP contribution in [0.2, 0.25) is 5.02 Å². The summed E-state index contributed by atoms with van der Waals surface area (Å²) in [6.07, 6.45) is 3.95. The van der Waals surface area contributed by atoms with E-state index in [1.807, 2.05) is 18.2 Å². The molecule has 0 bridgehead atoms. The van der Waals surface area contributed by atoms with Gasteiger partial charge in [-0.25, -0.2) is 0 Å². The van der Waals surface area contributed by atoms with E-state index in [0.717, 1.165) is 18.2 Å². The number of halogens is 3. The third-order valence-corrected chi connectivity index (χ3v) is 3.89. The minimum absolute atomic E-state index is 0. The Balaban J connectivity index is 0.00000121. The molecule has 22 heavy (non-hydrogen) atoms. The maximum atomic E-state index is 12.4. The summed E-state index contributed by atoms with van der Waals surface area (Å²) in [5.74, 6) is 0.362. The molecule has 3 rings (SSSR count). The van der Waals surface area contributed by atoms with Crippen LogP contribution < -0.4 is 11.1 Å². The Kier molecular flexibility index (Phi) is 6.88. The highest BCUT2D eigenvalue weighted by Gasteiger charge is 2.31. The van der Waals surface area contributed by atoms with E-state index >= 15 is 0 Å². The zero-order valence-electron chi connectivity index (χ0n) is 11.8. The normalized spacial score (nSPS) is 14.6. The third-order valence-electron chi connectivity index (χ3n) is 3.68. The Labute approximate surface area is 146 Å². The van der Waals surface area contributed by atoms with Crippen molar-refractivity contribution < 1.29 is 4.79 Å². The van der Waals surface area contributed by atoms with Crippen LogP contribution in [0.1, 0.15) is 23.2 Å². The number of hydrogen-bond donors (Lipinski definition) is 2. The minimum atomic E-state index is -0.154. The smallest absolute Gasteiger partial charge is 0.253 e. The summed E-state index contributed by atoms with van der Waals surface area (Å²) in [7, 11) is 0. The molecule has 1 atom stereocenters. The van der Waals surface area contributed by atoms with E-state index in [1.165, 1.54) is 0 Å². The summed E-state index contributed by atoms with van der Waals surface area (Å²) >= 11 is 6.08. The maximum Gasteiger partial charge on any atom is 0.253 e. The molecule has 1 aromatic heterocycles. The molecule has 2 aromatic rings. The first-order valence-corrected chi connectivity index (χ1v) is 7.12. The molecule has 1 aliphatic carbocycles. The van der Waals surface area contributed by atoms with E-state index in [4.69, 9.17) is 17.3 Å². The molecule has 1 aliphatic rings. The van der Waals surface area contributed by atoms with E-state index in [0.29, 0.717) is 28.6 Å². The van der Waals surface area contributed by atoms with E-state index in [2.05, 4.69) is 10.3 Å². The maximum absolute atomic E-state index is 12.4. The van der Waals surface area contributed by atoms with Crippen molar-refractivity contribution in [2.45, 2.75) is 18.9 Å². The van der Waals surface area contributed by atoms with Crippen molar-refractivity contribution in [3.05, 3.63) is 41.0 Å². The summed E-state index contributed by atoms with van der Waals surface area (Å²) in [4.78, 5) is 16.7. The fraction of sp³-hybridized carbons (Fsp3) is 0.333. The lowest BCUT2D eigenvalue weighted by Gasteiger charge is -2.16. The van der Waals surface area contributed by atoms with Crippen molar-refractivity contribution >= 4 is 53.2 Å².